The Hall–Kier alpha value is -1.68. The molecule has 0 aromatic carbocycles. The van der Waals surface area contributed by atoms with Crippen LogP contribution in [0.4, 0.5) is 0 Å². The Morgan fingerprint density at radius 1 is 1.11 bits per heavy atom. The van der Waals surface area contributed by atoms with Crippen LogP contribution in [0.5, 0.6) is 0 Å². The molecule has 0 aliphatic rings. The lowest BCUT2D eigenvalue weighted by Crippen LogP contribution is -2.44. The average Bonchev–Trinajstić information content (AvgIpc) is 2.26. The number of nitrogens with zero attached hydrogens (tertiary/aromatic N) is 1. The summed E-state index contributed by atoms with van der Waals surface area (Å²) in [7, 11) is -2.71. The monoisotopic (exact) mass is 295 g/mol. The van der Waals surface area contributed by atoms with Crippen LogP contribution in [0, 0.1) is 0 Å². The molecule has 0 spiro atoms. The van der Waals surface area contributed by atoms with Crippen molar-refractivity contribution >= 4 is 27.8 Å². The first-order valence-electron chi connectivity index (χ1n) is 5.30. The second-order valence-corrected chi connectivity index (χ2v) is 5.78. The lowest BCUT2D eigenvalue weighted by Gasteiger charge is -2.18. The first-order valence-corrected chi connectivity index (χ1v) is 6.91. The second kappa shape index (κ2) is 7.69. The first kappa shape index (κ1) is 17.3. The Labute approximate surface area is 110 Å². The summed E-state index contributed by atoms with van der Waals surface area (Å²) in [5, 5.41) is 0. The fourth-order valence-corrected chi connectivity index (χ4v) is 2.65. The Bertz CT molecular complexity index is 431. The van der Waals surface area contributed by atoms with Gasteiger partial charge in [0.2, 0.25) is 21.8 Å². The number of nitrogens with two attached hydrogens (primary N) is 2. The van der Waals surface area contributed by atoms with E-state index in [-0.39, 0.29) is 12.8 Å². The van der Waals surface area contributed by atoms with Gasteiger partial charge in [-0.15, -0.1) is 0 Å². The molecular weight excluding hydrogens is 278 g/mol. The summed E-state index contributed by atoms with van der Waals surface area (Å²) in [6, 6.07) is 0. The normalized spacial score (nSPS) is 11.3. The molecule has 0 aromatic heterocycles. The van der Waals surface area contributed by atoms with E-state index < -0.39 is 46.6 Å². The predicted molar refractivity (Wildman–Crippen MR) is 65.0 cm³/mol. The zero-order valence-electron chi connectivity index (χ0n) is 10.5. The van der Waals surface area contributed by atoms with Gasteiger partial charge in [0.15, 0.2) is 0 Å². The van der Waals surface area contributed by atoms with E-state index in [2.05, 4.69) is 4.74 Å². The van der Waals surface area contributed by atoms with Gasteiger partial charge < -0.3 is 16.2 Å². The molecular formula is C9H17N3O6S. The molecule has 10 heteroatoms. The van der Waals surface area contributed by atoms with Gasteiger partial charge in [0.05, 0.1) is 26.0 Å². The number of hydrogen-bond donors (Lipinski definition) is 2. The third-order valence-electron chi connectivity index (χ3n) is 2.07. The maximum atomic E-state index is 11.8. The first-order chi connectivity index (χ1) is 8.69. The molecule has 0 bridgehead atoms. The maximum absolute atomic E-state index is 11.8. The van der Waals surface area contributed by atoms with Crippen molar-refractivity contribution in [3.63, 3.8) is 0 Å². The van der Waals surface area contributed by atoms with Gasteiger partial charge in [-0.1, -0.05) is 0 Å². The van der Waals surface area contributed by atoms with Crippen LogP contribution in [0.3, 0.4) is 0 Å². The summed E-state index contributed by atoms with van der Waals surface area (Å²) >= 11 is 0. The van der Waals surface area contributed by atoms with Crippen molar-refractivity contribution in [3.05, 3.63) is 0 Å². The van der Waals surface area contributed by atoms with Gasteiger partial charge in [-0.2, -0.15) is 4.31 Å². The Morgan fingerprint density at radius 3 is 1.95 bits per heavy atom. The lowest BCUT2D eigenvalue weighted by atomic mass is 10.3. The van der Waals surface area contributed by atoms with E-state index in [0.29, 0.717) is 4.31 Å². The van der Waals surface area contributed by atoms with Crippen LogP contribution in [-0.2, 0) is 29.1 Å². The maximum Gasteiger partial charge on any atom is 0.305 e. The fraction of sp³-hybridized carbons (Fsp3) is 0.667. The Balaban J connectivity index is 4.64. The zero-order chi connectivity index (χ0) is 15.1. The topological polar surface area (TPSA) is 150 Å². The Kier molecular flexibility index (Phi) is 7.01. The fourth-order valence-electron chi connectivity index (χ4n) is 1.23. The van der Waals surface area contributed by atoms with Crippen molar-refractivity contribution in [2.24, 2.45) is 11.5 Å². The molecule has 0 aromatic rings. The highest BCUT2D eigenvalue weighted by atomic mass is 32.2. The van der Waals surface area contributed by atoms with Crippen LogP contribution in [0.1, 0.15) is 12.8 Å². The molecule has 0 heterocycles. The summed E-state index contributed by atoms with van der Waals surface area (Å²) in [5.74, 6) is -2.77. The molecule has 110 valence electrons. The molecule has 9 nitrogen and oxygen atoms in total. The largest absolute Gasteiger partial charge is 0.469 e. The highest BCUT2D eigenvalue weighted by Crippen LogP contribution is 2.05. The molecule has 2 amide bonds. The van der Waals surface area contributed by atoms with E-state index in [0.717, 1.165) is 0 Å². The van der Waals surface area contributed by atoms with Crippen molar-refractivity contribution in [2.75, 3.05) is 26.0 Å². The van der Waals surface area contributed by atoms with E-state index in [4.69, 9.17) is 11.5 Å². The minimum absolute atomic E-state index is 0.00301. The number of rotatable bonds is 9. The number of methoxy groups -OCH3 is 1. The number of hydrogen-bond acceptors (Lipinski definition) is 6. The van der Waals surface area contributed by atoms with Gasteiger partial charge in [0.25, 0.3) is 0 Å². The summed E-state index contributed by atoms with van der Waals surface area (Å²) in [6.45, 7) is -1.27. The molecule has 4 N–H and O–H groups in total. The average molecular weight is 295 g/mol. The number of ether oxygens (including phenoxy) is 1. The number of primary amides is 2. The van der Waals surface area contributed by atoms with Gasteiger partial charge >= 0.3 is 5.97 Å². The van der Waals surface area contributed by atoms with E-state index >= 15 is 0 Å². The van der Waals surface area contributed by atoms with Crippen LogP contribution >= 0.6 is 0 Å². The molecule has 0 fully saturated rings. The molecule has 0 saturated heterocycles. The third kappa shape index (κ3) is 7.36. The van der Waals surface area contributed by atoms with Crippen molar-refractivity contribution < 1.29 is 27.5 Å². The molecule has 0 saturated carbocycles. The summed E-state index contributed by atoms with van der Waals surface area (Å²) in [6.07, 6.45) is -0.0836. The summed E-state index contributed by atoms with van der Waals surface area (Å²) in [4.78, 5) is 32.4. The molecule has 0 aliphatic heterocycles. The van der Waals surface area contributed by atoms with Crippen LogP contribution in [-0.4, -0.2) is 56.5 Å². The molecule has 0 unspecified atom stereocenters. The standard InChI is InChI=1S/C9H17N3O6S/c1-18-9(15)3-2-4-19(16,17)12(5-7(10)13)6-8(11)14/h2-6H2,1H3,(H2,10,13)(H2,11,14). The van der Waals surface area contributed by atoms with Gasteiger partial charge in [-0.05, 0) is 6.42 Å². The number of esters is 1. The van der Waals surface area contributed by atoms with Crippen LogP contribution in [0.2, 0.25) is 0 Å². The molecule has 0 aliphatic carbocycles. The number of carbonyl (C=O) groups excluding carboxylic acids is 3. The van der Waals surface area contributed by atoms with E-state index in [1.54, 1.807) is 0 Å². The molecule has 0 atom stereocenters. The molecule has 0 radical (unpaired) electrons. The lowest BCUT2D eigenvalue weighted by molar-refractivity contribution is -0.140. The zero-order valence-corrected chi connectivity index (χ0v) is 11.3. The summed E-state index contributed by atoms with van der Waals surface area (Å²) < 4.78 is 28.6. The second-order valence-electron chi connectivity index (χ2n) is 3.70. The predicted octanol–water partition coefficient (Wildman–Crippen LogP) is -2.46. The van der Waals surface area contributed by atoms with Gasteiger partial charge in [-0.25, -0.2) is 8.42 Å². The minimum Gasteiger partial charge on any atom is -0.469 e. The van der Waals surface area contributed by atoms with E-state index in [1.807, 2.05) is 0 Å². The van der Waals surface area contributed by atoms with Gasteiger partial charge in [0, 0.05) is 6.42 Å². The van der Waals surface area contributed by atoms with Gasteiger partial charge in [-0.3, -0.25) is 14.4 Å². The van der Waals surface area contributed by atoms with Crippen molar-refractivity contribution in [1.29, 1.82) is 0 Å². The highest BCUT2D eigenvalue weighted by molar-refractivity contribution is 7.89. The quantitative estimate of drug-likeness (QED) is 0.450. The summed E-state index contributed by atoms with van der Waals surface area (Å²) in [5.41, 5.74) is 9.79. The minimum atomic E-state index is -3.89. The van der Waals surface area contributed by atoms with Crippen LogP contribution in [0.15, 0.2) is 0 Å². The van der Waals surface area contributed by atoms with Crippen LogP contribution in [0.25, 0.3) is 0 Å². The number of amides is 2. The SMILES string of the molecule is COC(=O)CCCS(=O)(=O)N(CC(N)=O)CC(N)=O. The third-order valence-corrected chi connectivity index (χ3v) is 3.92. The van der Waals surface area contributed by atoms with Crippen molar-refractivity contribution in [1.82, 2.24) is 4.31 Å². The van der Waals surface area contributed by atoms with Crippen LogP contribution < -0.4 is 11.5 Å². The van der Waals surface area contributed by atoms with Gasteiger partial charge in [0.1, 0.15) is 0 Å². The smallest absolute Gasteiger partial charge is 0.305 e. The number of sulfonamides is 1. The number of carbonyl (C=O) groups is 3. The van der Waals surface area contributed by atoms with E-state index in [1.165, 1.54) is 7.11 Å². The van der Waals surface area contributed by atoms with E-state index in [9.17, 15) is 22.8 Å². The molecule has 0 rings (SSSR count). The van der Waals surface area contributed by atoms with Crippen molar-refractivity contribution in [3.8, 4) is 0 Å². The Morgan fingerprint density at radius 2 is 1.58 bits per heavy atom. The molecule has 19 heavy (non-hydrogen) atoms. The highest BCUT2D eigenvalue weighted by Gasteiger charge is 2.25. The van der Waals surface area contributed by atoms with Crippen molar-refractivity contribution in [2.45, 2.75) is 12.8 Å².